The molecule has 0 saturated heterocycles. The summed E-state index contributed by atoms with van der Waals surface area (Å²) >= 11 is 7.06. The lowest BCUT2D eigenvalue weighted by atomic mass is 10.2. The molecule has 1 aromatic rings. The Morgan fingerprint density at radius 2 is 2.00 bits per heavy atom. The van der Waals surface area contributed by atoms with E-state index in [0.717, 1.165) is 34.3 Å². The van der Waals surface area contributed by atoms with Crippen molar-refractivity contribution >= 4 is 31.9 Å². The van der Waals surface area contributed by atoms with Gasteiger partial charge in [-0.2, -0.15) is 0 Å². The molecule has 0 amide bonds. The van der Waals surface area contributed by atoms with Crippen molar-refractivity contribution in [3.05, 3.63) is 26.6 Å². The topological polar surface area (TPSA) is 21.3 Å². The zero-order chi connectivity index (χ0) is 12.8. The van der Waals surface area contributed by atoms with E-state index in [1.54, 1.807) is 0 Å². The van der Waals surface area contributed by atoms with Crippen LogP contribution in [-0.2, 0) is 6.54 Å². The first-order valence-electron chi connectivity index (χ1n) is 5.88. The number of rotatable bonds is 6. The Hall–Kier alpha value is -0.0600. The Bertz CT molecular complexity index is 367. The molecule has 0 saturated carbocycles. The minimum absolute atomic E-state index is 0.465. The molecule has 17 heavy (non-hydrogen) atoms. The standard InChI is InChI=1S/C13H19Br2NO/c1-4-5-17-13-10(8-16-9(2)3)6-11(14)7-12(13)15/h6-7,9,16H,4-5,8H2,1-3H3. The smallest absolute Gasteiger partial charge is 0.138 e. The van der Waals surface area contributed by atoms with Crippen molar-refractivity contribution in [1.82, 2.24) is 5.32 Å². The van der Waals surface area contributed by atoms with Crippen LogP contribution < -0.4 is 10.1 Å². The van der Waals surface area contributed by atoms with Gasteiger partial charge in [-0.1, -0.05) is 36.7 Å². The van der Waals surface area contributed by atoms with E-state index in [0.29, 0.717) is 6.04 Å². The lowest BCUT2D eigenvalue weighted by Crippen LogP contribution is -2.22. The molecule has 0 fully saturated rings. The molecular weight excluding hydrogens is 346 g/mol. The number of ether oxygens (including phenoxy) is 1. The molecule has 0 atom stereocenters. The maximum Gasteiger partial charge on any atom is 0.138 e. The molecule has 0 unspecified atom stereocenters. The van der Waals surface area contributed by atoms with Crippen molar-refractivity contribution < 1.29 is 4.74 Å². The van der Waals surface area contributed by atoms with Gasteiger partial charge in [0, 0.05) is 22.6 Å². The van der Waals surface area contributed by atoms with Crippen LogP contribution >= 0.6 is 31.9 Å². The average Bonchev–Trinajstić information content (AvgIpc) is 2.24. The van der Waals surface area contributed by atoms with Crippen molar-refractivity contribution in [3.8, 4) is 5.75 Å². The average molecular weight is 365 g/mol. The second-order valence-corrected chi connectivity index (χ2v) is 6.03. The minimum Gasteiger partial charge on any atom is -0.492 e. The summed E-state index contributed by atoms with van der Waals surface area (Å²) < 4.78 is 7.86. The van der Waals surface area contributed by atoms with E-state index >= 15 is 0 Å². The van der Waals surface area contributed by atoms with Gasteiger partial charge in [-0.15, -0.1) is 0 Å². The van der Waals surface area contributed by atoms with Crippen molar-refractivity contribution in [2.45, 2.75) is 39.8 Å². The summed E-state index contributed by atoms with van der Waals surface area (Å²) in [6.07, 6.45) is 1.01. The fraction of sp³-hybridized carbons (Fsp3) is 0.538. The third-order valence-corrected chi connectivity index (χ3v) is 3.28. The summed E-state index contributed by atoms with van der Waals surface area (Å²) in [7, 11) is 0. The molecule has 1 aromatic carbocycles. The summed E-state index contributed by atoms with van der Waals surface area (Å²) in [5.41, 5.74) is 1.17. The molecule has 0 aliphatic carbocycles. The molecule has 0 heterocycles. The Kier molecular flexibility index (Phi) is 6.52. The first-order valence-corrected chi connectivity index (χ1v) is 7.47. The van der Waals surface area contributed by atoms with Gasteiger partial charge in [0.2, 0.25) is 0 Å². The van der Waals surface area contributed by atoms with E-state index in [2.05, 4.69) is 64.0 Å². The van der Waals surface area contributed by atoms with E-state index in [1.165, 1.54) is 5.56 Å². The Morgan fingerprint density at radius 3 is 2.59 bits per heavy atom. The molecule has 1 rings (SSSR count). The fourth-order valence-corrected chi connectivity index (χ4v) is 2.85. The summed E-state index contributed by atoms with van der Waals surface area (Å²) in [6, 6.07) is 4.58. The highest BCUT2D eigenvalue weighted by molar-refractivity contribution is 9.11. The molecule has 1 N–H and O–H groups in total. The van der Waals surface area contributed by atoms with Gasteiger partial charge in [-0.3, -0.25) is 0 Å². The maximum absolute atomic E-state index is 5.80. The van der Waals surface area contributed by atoms with Gasteiger partial charge in [-0.25, -0.2) is 0 Å². The highest BCUT2D eigenvalue weighted by atomic mass is 79.9. The number of hydrogen-bond acceptors (Lipinski definition) is 2. The molecule has 0 bridgehead atoms. The second kappa shape index (κ2) is 7.39. The SMILES string of the molecule is CCCOc1c(Br)cc(Br)cc1CNC(C)C. The second-order valence-electron chi connectivity index (χ2n) is 4.26. The largest absolute Gasteiger partial charge is 0.492 e. The zero-order valence-corrected chi connectivity index (χ0v) is 13.7. The molecule has 2 nitrogen and oxygen atoms in total. The molecule has 0 aromatic heterocycles. The predicted octanol–water partition coefficient (Wildman–Crippen LogP) is 4.50. The summed E-state index contributed by atoms with van der Waals surface area (Å²) in [4.78, 5) is 0. The van der Waals surface area contributed by atoms with Crippen molar-refractivity contribution in [3.63, 3.8) is 0 Å². The van der Waals surface area contributed by atoms with Crippen molar-refractivity contribution in [2.24, 2.45) is 0 Å². The van der Waals surface area contributed by atoms with Crippen LogP contribution in [0.5, 0.6) is 5.75 Å². The Labute approximate surface area is 120 Å². The van der Waals surface area contributed by atoms with Crippen LogP contribution in [0.1, 0.15) is 32.8 Å². The molecule has 0 aliphatic rings. The number of hydrogen-bond donors (Lipinski definition) is 1. The zero-order valence-electron chi connectivity index (χ0n) is 10.5. The van der Waals surface area contributed by atoms with Crippen molar-refractivity contribution in [2.75, 3.05) is 6.61 Å². The van der Waals surface area contributed by atoms with Crippen LogP contribution in [0.25, 0.3) is 0 Å². The monoisotopic (exact) mass is 363 g/mol. The van der Waals surface area contributed by atoms with Gasteiger partial charge in [0.25, 0.3) is 0 Å². The van der Waals surface area contributed by atoms with E-state index in [4.69, 9.17) is 4.74 Å². The van der Waals surface area contributed by atoms with E-state index in [-0.39, 0.29) is 0 Å². The lowest BCUT2D eigenvalue weighted by Gasteiger charge is -2.15. The van der Waals surface area contributed by atoms with Crippen LogP contribution in [-0.4, -0.2) is 12.6 Å². The van der Waals surface area contributed by atoms with Gasteiger partial charge in [0.05, 0.1) is 11.1 Å². The summed E-state index contributed by atoms with van der Waals surface area (Å²) in [5.74, 6) is 0.947. The molecule has 96 valence electrons. The third kappa shape index (κ3) is 4.98. The quantitative estimate of drug-likeness (QED) is 0.802. The summed E-state index contributed by atoms with van der Waals surface area (Å²) in [5, 5.41) is 3.41. The van der Waals surface area contributed by atoms with E-state index in [1.807, 2.05) is 6.07 Å². The van der Waals surface area contributed by atoms with Gasteiger partial charge < -0.3 is 10.1 Å². The van der Waals surface area contributed by atoms with E-state index < -0.39 is 0 Å². The number of nitrogens with one attached hydrogen (secondary N) is 1. The maximum atomic E-state index is 5.80. The molecule has 0 aliphatic heterocycles. The van der Waals surface area contributed by atoms with Gasteiger partial charge in [0.1, 0.15) is 5.75 Å². The minimum atomic E-state index is 0.465. The van der Waals surface area contributed by atoms with Crippen LogP contribution in [0.4, 0.5) is 0 Å². The van der Waals surface area contributed by atoms with E-state index in [9.17, 15) is 0 Å². The van der Waals surface area contributed by atoms with Crippen LogP contribution in [0.15, 0.2) is 21.1 Å². The van der Waals surface area contributed by atoms with Gasteiger partial charge in [-0.05, 0) is 34.5 Å². The fourth-order valence-electron chi connectivity index (χ4n) is 1.42. The normalized spacial score (nSPS) is 10.9. The first kappa shape index (κ1) is 15.0. The van der Waals surface area contributed by atoms with Gasteiger partial charge >= 0.3 is 0 Å². The molecular formula is C13H19Br2NO. The summed E-state index contributed by atoms with van der Waals surface area (Å²) in [6.45, 7) is 7.95. The van der Waals surface area contributed by atoms with Crippen LogP contribution in [0, 0.1) is 0 Å². The highest BCUT2D eigenvalue weighted by Gasteiger charge is 2.10. The number of halogens is 2. The Morgan fingerprint density at radius 1 is 1.29 bits per heavy atom. The Balaban J connectivity index is 2.89. The lowest BCUT2D eigenvalue weighted by molar-refractivity contribution is 0.311. The first-order chi connectivity index (χ1) is 8.04. The van der Waals surface area contributed by atoms with Gasteiger partial charge in [0.15, 0.2) is 0 Å². The molecule has 4 heteroatoms. The third-order valence-electron chi connectivity index (χ3n) is 2.24. The highest BCUT2D eigenvalue weighted by Crippen LogP contribution is 2.33. The van der Waals surface area contributed by atoms with Crippen LogP contribution in [0.3, 0.4) is 0 Å². The van der Waals surface area contributed by atoms with Crippen LogP contribution in [0.2, 0.25) is 0 Å². The molecule has 0 radical (unpaired) electrons. The molecule has 0 spiro atoms. The number of benzene rings is 1. The van der Waals surface area contributed by atoms with Crippen molar-refractivity contribution in [1.29, 1.82) is 0 Å². The predicted molar refractivity (Wildman–Crippen MR) is 79.6 cm³/mol.